The third-order valence-corrected chi connectivity index (χ3v) is 11.7. The maximum absolute atomic E-state index is 15.4. The lowest BCUT2D eigenvalue weighted by atomic mass is 9.75. The molecule has 0 spiro atoms. The second kappa shape index (κ2) is 10.2. The van der Waals surface area contributed by atoms with E-state index in [0.29, 0.717) is 5.02 Å². The zero-order valence-electron chi connectivity index (χ0n) is 20.1. The first-order valence-electron chi connectivity index (χ1n) is 12.0. The maximum Gasteiger partial charge on any atom is 0.189 e. The summed E-state index contributed by atoms with van der Waals surface area (Å²) in [6.45, 7) is -0.227. The van der Waals surface area contributed by atoms with Crippen molar-refractivity contribution in [3.63, 3.8) is 0 Å². The largest absolute Gasteiger partial charge is 0.490 e. The quantitative estimate of drug-likeness (QED) is 0.395. The lowest BCUT2D eigenvalue weighted by Crippen LogP contribution is -2.57. The number of nitrogens with zero attached hydrogens (tertiary/aromatic N) is 2. The summed E-state index contributed by atoms with van der Waals surface area (Å²) in [5.41, 5.74) is -0.390. The van der Waals surface area contributed by atoms with Crippen molar-refractivity contribution in [3.8, 4) is 5.75 Å². The lowest BCUT2D eigenvalue weighted by Gasteiger charge is -2.50. The number of hydrogen-bond donors (Lipinski definition) is 0. The average molecular weight is 587 g/mol. The SMILES string of the molecule is O=S(=O)(CCC1OCCC2(S(=O)(=O)c3ccc(Cl)cc3)c3c(F)ccc(F)c3OCC12)CCn1cccn1. The molecule has 0 aliphatic carbocycles. The van der Waals surface area contributed by atoms with Gasteiger partial charge in [-0.25, -0.2) is 25.6 Å². The zero-order chi connectivity index (χ0) is 27.1. The van der Waals surface area contributed by atoms with E-state index < -0.39 is 59.4 Å². The smallest absolute Gasteiger partial charge is 0.189 e. The van der Waals surface area contributed by atoms with Gasteiger partial charge in [0, 0.05) is 29.9 Å². The highest BCUT2D eigenvalue weighted by Crippen LogP contribution is 2.55. The molecule has 1 fully saturated rings. The molecule has 3 aromatic rings. The van der Waals surface area contributed by atoms with E-state index in [2.05, 4.69) is 5.10 Å². The molecule has 3 heterocycles. The summed E-state index contributed by atoms with van der Waals surface area (Å²) in [6.07, 6.45) is 2.09. The van der Waals surface area contributed by atoms with E-state index in [4.69, 9.17) is 21.1 Å². The van der Waals surface area contributed by atoms with E-state index in [1.165, 1.54) is 28.9 Å². The number of aryl methyl sites for hydroxylation is 1. The third-order valence-electron chi connectivity index (χ3n) is 7.25. The second-order valence-electron chi connectivity index (χ2n) is 9.37. The Morgan fingerprint density at radius 2 is 1.79 bits per heavy atom. The minimum Gasteiger partial charge on any atom is -0.490 e. The molecule has 5 rings (SSSR count). The first-order valence-corrected chi connectivity index (χ1v) is 15.6. The molecule has 1 saturated heterocycles. The van der Waals surface area contributed by atoms with Crippen molar-refractivity contribution in [3.05, 3.63) is 77.1 Å². The van der Waals surface area contributed by atoms with Gasteiger partial charge < -0.3 is 9.47 Å². The van der Waals surface area contributed by atoms with Gasteiger partial charge in [0.2, 0.25) is 0 Å². The Labute approximate surface area is 224 Å². The highest BCUT2D eigenvalue weighted by Gasteiger charge is 2.61. The van der Waals surface area contributed by atoms with Crippen molar-refractivity contribution in [2.45, 2.75) is 35.1 Å². The Bertz CT molecular complexity index is 1530. The standard InChI is InChI=1S/C25H25ClF2N2O6S2/c26-17-2-4-18(5-3-17)38(33,34)25-9-13-35-22(8-14-37(31,32)15-12-30-11-1-10-29-30)19(25)16-36-24-21(28)7-6-20(27)23(24)25/h1-7,10-11,19,22H,8-9,12-16H2. The Kier molecular flexibility index (Phi) is 7.27. The normalized spacial score (nSPS) is 23.3. The van der Waals surface area contributed by atoms with Crippen molar-refractivity contribution in [2.24, 2.45) is 5.92 Å². The number of sulfone groups is 2. The zero-order valence-corrected chi connectivity index (χ0v) is 22.5. The fourth-order valence-electron chi connectivity index (χ4n) is 5.40. The van der Waals surface area contributed by atoms with Crippen LogP contribution in [0.5, 0.6) is 5.75 Å². The van der Waals surface area contributed by atoms with Gasteiger partial charge in [-0.2, -0.15) is 5.10 Å². The van der Waals surface area contributed by atoms with Gasteiger partial charge in [-0.1, -0.05) is 11.6 Å². The van der Waals surface area contributed by atoms with Crippen molar-refractivity contribution in [1.29, 1.82) is 0 Å². The first kappa shape index (κ1) is 27.0. The molecule has 13 heteroatoms. The first-order chi connectivity index (χ1) is 18.0. The molecule has 3 unspecified atom stereocenters. The summed E-state index contributed by atoms with van der Waals surface area (Å²) in [5.74, 6) is -3.70. The van der Waals surface area contributed by atoms with Gasteiger partial charge in [-0.05, 0) is 55.3 Å². The van der Waals surface area contributed by atoms with Crippen LogP contribution >= 0.6 is 11.6 Å². The molecule has 0 radical (unpaired) electrons. The van der Waals surface area contributed by atoms with Crippen LogP contribution in [0.15, 0.2) is 59.8 Å². The van der Waals surface area contributed by atoms with Gasteiger partial charge in [0.1, 0.15) is 10.6 Å². The molecule has 8 nitrogen and oxygen atoms in total. The molecule has 2 aliphatic rings. The van der Waals surface area contributed by atoms with Gasteiger partial charge in [-0.15, -0.1) is 0 Å². The number of rotatable bonds is 8. The van der Waals surface area contributed by atoms with Crippen LogP contribution < -0.4 is 4.74 Å². The van der Waals surface area contributed by atoms with Crippen molar-refractivity contribution < 1.29 is 35.1 Å². The van der Waals surface area contributed by atoms with Gasteiger partial charge in [-0.3, -0.25) is 4.68 Å². The molecular weight excluding hydrogens is 562 g/mol. The van der Waals surface area contributed by atoms with Crippen LogP contribution in [0.2, 0.25) is 5.02 Å². The molecule has 204 valence electrons. The van der Waals surface area contributed by atoms with Crippen molar-refractivity contribution >= 4 is 31.3 Å². The van der Waals surface area contributed by atoms with E-state index in [9.17, 15) is 21.2 Å². The molecule has 0 amide bonds. The molecule has 0 bridgehead atoms. The summed E-state index contributed by atoms with van der Waals surface area (Å²) in [6, 6.07) is 8.91. The summed E-state index contributed by atoms with van der Waals surface area (Å²) in [4.78, 5) is -0.115. The Morgan fingerprint density at radius 3 is 2.50 bits per heavy atom. The summed E-state index contributed by atoms with van der Waals surface area (Å²) in [5, 5.41) is 4.31. The molecule has 1 aromatic heterocycles. The molecule has 0 saturated carbocycles. The summed E-state index contributed by atoms with van der Waals surface area (Å²) < 4.78 is 95.4. The van der Waals surface area contributed by atoms with E-state index in [1.54, 1.807) is 18.5 Å². The highest BCUT2D eigenvalue weighted by molar-refractivity contribution is 7.92. The average Bonchev–Trinajstić information content (AvgIpc) is 3.42. The van der Waals surface area contributed by atoms with Gasteiger partial charge in [0.05, 0.1) is 41.2 Å². The molecule has 3 atom stereocenters. The molecule has 2 aliphatic heterocycles. The highest BCUT2D eigenvalue weighted by atomic mass is 35.5. The predicted molar refractivity (Wildman–Crippen MR) is 136 cm³/mol. The Morgan fingerprint density at radius 1 is 1.05 bits per heavy atom. The van der Waals surface area contributed by atoms with Gasteiger partial charge in [0.15, 0.2) is 31.2 Å². The van der Waals surface area contributed by atoms with Crippen LogP contribution in [0.3, 0.4) is 0 Å². The fraction of sp³-hybridized carbons (Fsp3) is 0.400. The molecular formula is C25H25ClF2N2O6S2. The topological polar surface area (TPSA) is 105 Å². The second-order valence-corrected chi connectivity index (χ2v) is 14.3. The van der Waals surface area contributed by atoms with Gasteiger partial charge >= 0.3 is 0 Å². The van der Waals surface area contributed by atoms with E-state index in [-0.39, 0.29) is 49.0 Å². The number of halogens is 3. The Hall–Kier alpha value is -2.54. The van der Waals surface area contributed by atoms with Crippen LogP contribution in [-0.4, -0.2) is 57.4 Å². The van der Waals surface area contributed by atoms with Crippen LogP contribution in [-0.2, 0) is 35.7 Å². The van der Waals surface area contributed by atoms with Crippen LogP contribution in [0.25, 0.3) is 0 Å². The molecule has 2 aromatic carbocycles. The number of benzene rings is 2. The lowest BCUT2D eigenvalue weighted by molar-refractivity contribution is -0.0732. The van der Waals surface area contributed by atoms with E-state index in [1.807, 2.05) is 0 Å². The molecule has 0 N–H and O–H groups in total. The number of hydrogen-bond acceptors (Lipinski definition) is 7. The van der Waals surface area contributed by atoms with Crippen molar-refractivity contribution in [2.75, 3.05) is 24.7 Å². The van der Waals surface area contributed by atoms with Crippen LogP contribution in [0, 0.1) is 17.6 Å². The summed E-state index contributed by atoms with van der Waals surface area (Å²) in [7, 11) is -7.93. The minimum absolute atomic E-state index is 0.0420. The monoisotopic (exact) mass is 586 g/mol. The van der Waals surface area contributed by atoms with Crippen LogP contribution in [0.4, 0.5) is 8.78 Å². The summed E-state index contributed by atoms with van der Waals surface area (Å²) >= 11 is 5.97. The minimum atomic E-state index is -4.37. The van der Waals surface area contributed by atoms with Gasteiger partial charge in [0.25, 0.3) is 0 Å². The maximum atomic E-state index is 15.4. The molecule has 38 heavy (non-hydrogen) atoms. The van der Waals surface area contributed by atoms with Crippen LogP contribution in [0.1, 0.15) is 18.4 Å². The van der Waals surface area contributed by atoms with E-state index in [0.717, 1.165) is 12.1 Å². The number of ether oxygens (including phenoxy) is 2. The van der Waals surface area contributed by atoms with E-state index >= 15 is 4.39 Å². The Balaban J connectivity index is 1.53. The number of aromatic nitrogens is 2. The van der Waals surface area contributed by atoms with Crippen molar-refractivity contribution in [1.82, 2.24) is 9.78 Å². The predicted octanol–water partition coefficient (Wildman–Crippen LogP) is 3.79. The fourth-order valence-corrected chi connectivity index (χ4v) is 9.13. The number of fused-ring (bicyclic) bond motifs is 3. The third kappa shape index (κ3) is 4.72.